The van der Waals surface area contributed by atoms with E-state index in [0.717, 1.165) is 19.3 Å². The molecule has 1 aromatic rings. The van der Waals surface area contributed by atoms with Gasteiger partial charge in [-0.25, -0.2) is 0 Å². The molecule has 2 nitrogen and oxygen atoms in total. The normalized spacial score (nSPS) is 12.4. The predicted octanol–water partition coefficient (Wildman–Crippen LogP) is 3.20. The van der Waals surface area contributed by atoms with Gasteiger partial charge < -0.3 is 5.32 Å². The van der Waals surface area contributed by atoms with E-state index in [4.69, 9.17) is 11.6 Å². The second kappa shape index (κ2) is 7.69. The van der Waals surface area contributed by atoms with Crippen LogP contribution >= 0.6 is 22.9 Å². The highest BCUT2D eigenvalue weighted by atomic mass is 35.5. The number of halogens is 1. The lowest BCUT2D eigenvalue weighted by molar-refractivity contribution is -0.121. The maximum absolute atomic E-state index is 11.5. The van der Waals surface area contributed by atoms with Crippen LogP contribution in [0.3, 0.4) is 0 Å². The number of nitrogens with one attached hydrogen (secondary N) is 1. The van der Waals surface area contributed by atoms with Gasteiger partial charge in [0, 0.05) is 23.2 Å². The van der Waals surface area contributed by atoms with Gasteiger partial charge in [-0.05, 0) is 37.6 Å². The third kappa shape index (κ3) is 5.52. The van der Waals surface area contributed by atoms with Crippen molar-refractivity contribution in [3.63, 3.8) is 0 Å². The summed E-state index contributed by atoms with van der Waals surface area (Å²) in [5.74, 6) is 0.727. The topological polar surface area (TPSA) is 29.1 Å². The quantitative estimate of drug-likeness (QED) is 0.749. The highest BCUT2D eigenvalue weighted by Crippen LogP contribution is 2.11. The van der Waals surface area contributed by atoms with Gasteiger partial charge in [-0.3, -0.25) is 4.79 Å². The summed E-state index contributed by atoms with van der Waals surface area (Å²) >= 11 is 7.35. The Hall–Kier alpha value is -0.540. The maximum Gasteiger partial charge on any atom is 0.220 e. The van der Waals surface area contributed by atoms with E-state index >= 15 is 0 Å². The number of carbonyl (C=O) groups excluding carboxylic acids is 1. The first-order valence-electron chi connectivity index (χ1n) is 5.60. The van der Waals surface area contributed by atoms with Crippen molar-refractivity contribution < 1.29 is 4.79 Å². The van der Waals surface area contributed by atoms with Crippen LogP contribution in [0.4, 0.5) is 0 Å². The molecule has 0 aromatic carbocycles. The van der Waals surface area contributed by atoms with E-state index in [0.29, 0.717) is 12.3 Å². The molecule has 0 radical (unpaired) electrons. The summed E-state index contributed by atoms with van der Waals surface area (Å²) in [6, 6.07) is 4.34. The van der Waals surface area contributed by atoms with E-state index in [1.807, 2.05) is 13.0 Å². The molecule has 1 amide bonds. The maximum atomic E-state index is 11.5. The third-order valence-corrected chi connectivity index (χ3v) is 3.51. The van der Waals surface area contributed by atoms with E-state index in [-0.39, 0.29) is 11.9 Å². The minimum Gasteiger partial charge on any atom is -0.354 e. The van der Waals surface area contributed by atoms with Gasteiger partial charge in [-0.2, -0.15) is 0 Å². The van der Waals surface area contributed by atoms with Crippen molar-refractivity contribution in [1.29, 1.82) is 0 Å². The molecule has 0 aliphatic rings. The average Bonchev–Trinajstić information content (AvgIpc) is 2.70. The molecule has 0 saturated carbocycles. The molecule has 4 heteroatoms. The third-order valence-electron chi connectivity index (χ3n) is 2.36. The summed E-state index contributed by atoms with van der Waals surface area (Å²) < 4.78 is 0. The monoisotopic (exact) mass is 259 g/mol. The number of rotatable bonds is 7. The van der Waals surface area contributed by atoms with E-state index in [9.17, 15) is 4.79 Å². The number of amides is 1. The number of alkyl halides is 1. The van der Waals surface area contributed by atoms with E-state index in [1.54, 1.807) is 11.3 Å². The molecule has 1 unspecified atom stereocenters. The van der Waals surface area contributed by atoms with Crippen molar-refractivity contribution in [2.24, 2.45) is 0 Å². The van der Waals surface area contributed by atoms with Gasteiger partial charge in [0.15, 0.2) is 0 Å². The van der Waals surface area contributed by atoms with Gasteiger partial charge in [0.05, 0.1) is 0 Å². The van der Waals surface area contributed by atoms with Crippen molar-refractivity contribution in [2.45, 2.75) is 38.6 Å². The summed E-state index contributed by atoms with van der Waals surface area (Å²) in [5.41, 5.74) is 0. The van der Waals surface area contributed by atoms with Crippen LogP contribution in [0.2, 0.25) is 0 Å². The molecule has 90 valence electrons. The molecular formula is C12H18ClNOS. The van der Waals surface area contributed by atoms with Crippen molar-refractivity contribution in [1.82, 2.24) is 5.32 Å². The summed E-state index contributed by atoms with van der Waals surface area (Å²) in [6.07, 6.45) is 3.34. The molecule has 0 saturated heterocycles. The first-order valence-corrected chi connectivity index (χ1v) is 7.01. The smallest absolute Gasteiger partial charge is 0.220 e. The predicted molar refractivity (Wildman–Crippen MR) is 70.2 cm³/mol. The lowest BCUT2D eigenvalue weighted by atomic mass is 10.2. The van der Waals surface area contributed by atoms with Gasteiger partial charge in [-0.15, -0.1) is 22.9 Å². The molecule has 1 N–H and O–H groups in total. The van der Waals surface area contributed by atoms with Gasteiger partial charge in [0.1, 0.15) is 0 Å². The number of hydrogen-bond donors (Lipinski definition) is 1. The van der Waals surface area contributed by atoms with Crippen LogP contribution < -0.4 is 5.32 Å². The fraction of sp³-hybridized carbons (Fsp3) is 0.583. The van der Waals surface area contributed by atoms with Crippen molar-refractivity contribution >= 4 is 28.8 Å². The highest BCUT2D eigenvalue weighted by molar-refractivity contribution is 7.09. The number of thiophene rings is 1. The van der Waals surface area contributed by atoms with E-state index in [1.165, 1.54) is 4.88 Å². The van der Waals surface area contributed by atoms with Gasteiger partial charge in [0.2, 0.25) is 5.91 Å². The van der Waals surface area contributed by atoms with Crippen molar-refractivity contribution in [2.75, 3.05) is 5.88 Å². The van der Waals surface area contributed by atoms with Gasteiger partial charge in [0.25, 0.3) is 0 Å². The van der Waals surface area contributed by atoms with Gasteiger partial charge >= 0.3 is 0 Å². The molecule has 1 atom stereocenters. The molecule has 0 aliphatic heterocycles. The lowest BCUT2D eigenvalue weighted by Gasteiger charge is -2.11. The highest BCUT2D eigenvalue weighted by Gasteiger charge is 2.06. The second-order valence-corrected chi connectivity index (χ2v) is 5.29. The van der Waals surface area contributed by atoms with Crippen LogP contribution in [0.1, 0.15) is 31.1 Å². The van der Waals surface area contributed by atoms with E-state index in [2.05, 4.69) is 16.8 Å². The molecular weight excluding hydrogens is 242 g/mol. The molecule has 1 rings (SSSR count). The zero-order valence-corrected chi connectivity index (χ0v) is 11.1. The van der Waals surface area contributed by atoms with Crippen LogP contribution in [0.25, 0.3) is 0 Å². The number of carbonyl (C=O) groups is 1. The zero-order chi connectivity index (χ0) is 11.8. The summed E-state index contributed by atoms with van der Waals surface area (Å²) in [6.45, 7) is 1.99. The standard InChI is InChI=1S/C12H18ClNOS/c1-10(7-8-13)14-12(15)6-2-4-11-5-3-9-16-11/h3,5,9-10H,2,4,6-8H2,1H3,(H,14,15). The Balaban J connectivity index is 2.10. The van der Waals surface area contributed by atoms with Crippen LogP contribution in [0.15, 0.2) is 17.5 Å². The Morgan fingerprint density at radius 3 is 3.06 bits per heavy atom. The fourth-order valence-corrected chi connectivity index (χ4v) is 2.54. The molecule has 0 bridgehead atoms. The fourth-order valence-electron chi connectivity index (χ4n) is 1.46. The Morgan fingerprint density at radius 1 is 1.62 bits per heavy atom. The molecule has 0 fully saturated rings. The van der Waals surface area contributed by atoms with Crippen molar-refractivity contribution in [3.8, 4) is 0 Å². The Kier molecular flexibility index (Phi) is 6.50. The Bertz CT molecular complexity index is 300. The minimum absolute atomic E-state index is 0.133. The van der Waals surface area contributed by atoms with Crippen LogP contribution in [0, 0.1) is 0 Å². The number of hydrogen-bond acceptors (Lipinski definition) is 2. The lowest BCUT2D eigenvalue weighted by Crippen LogP contribution is -2.32. The molecule has 0 spiro atoms. The molecule has 16 heavy (non-hydrogen) atoms. The second-order valence-electron chi connectivity index (χ2n) is 3.88. The molecule has 1 heterocycles. The first kappa shape index (κ1) is 13.5. The Labute approximate surface area is 106 Å². The summed E-state index contributed by atoms with van der Waals surface area (Å²) in [5, 5.41) is 5.01. The van der Waals surface area contributed by atoms with Crippen LogP contribution in [-0.2, 0) is 11.2 Å². The summed E-state index contributed by atoms with van der Waals surface area (Å²) in [4.78, 5) is 12.9. The van der Waals surface area contributed by atoms with Crippen molar-refractivity contribution in [3.05, 3.63) is 22.4 Å². The number of aryl methyl sites for hydroxylation is 1. The molecule has 1 aromatic heterocycles. The summed E-state index contributed by atoms with van der Waals surface area (Å²) in [7, 11) is 0. The van der Waals surface area contributed by atoms with Crippen LogP contribution in [0.5, 0.6) is 0 Å². The van der Waals surface area contributed by atoms with Gasteiger partial charge in [-0.1, -0.05) is 6.07 Å². The zero-order valence-electron chi connectivity index (χ0n) is 9.54. The van der Waals surface area contributed by atoms with Crippen LogP contribution in [-0.4, -0.2) is 17.8 Å². The first-order chi connectivity index (χ1) is 7.72. The largest absolute Gasteiger partial charge is 0.354 e. The molecule has 0 aliphatic carbocycles. The average molecular weight is 260 g/mol. The SMILES string of the molecule is CC(CCCl)NC(=O)CCCc1cccs1. The van der Waals surface area contributed by atoms with E-state index < -0.39 is 0 Å². The minimum atomic E-state index is 0.133. The Morgan fingerprint density at radius 2 is 2.44 bits per heavy atom.